The van der Waals surface area contributed by atoms with Crippen molar-refractivity contribution in [3.8, 4) is 0 Å². The quantitative estimate of drug-likeness (QED) is 0.325. The molecule has 0 saturated heterocycles. The maximum absolute atomic E-state index is 13.1. The summed E-state index contributed by atoms with van der Waals surface area (Å²) >= 11 is 2.35. The number of carbonyl (C=O) groups excluding carboxylic acids is 1. The topological polar surface area (TPSA) is 20.3 Å². The molecule has 0 N–H and O–H groups in total. The number of nitrogens with zero attached hydrogens (tertiary/aromatic N) is 1. The average molecular weight is 473 g/mol. The van der Waals surface area contributed by atoms with Crippen LogP contribution in [0.1, 0.15) is 21.5 Å². The zero-order chi connectivity index (χ0) is 19.1. The number of ketones is 1. The van der Waals surface area contributed by atoms with Crippen molar-refractivity contribution in [1.29, 1.82) is 0 Å². The molecule has 0 aliphatic rings. The second-order valence-electron chi connectivity index (χ2n) is 6.47. The van der Waals surface area contributed by atoms with Gasteiger partial charge in [0.1, 0.15) is 5.82 Å². The van der Waals surface area contributed by atoms with E-state index >= 15 is 0 Å². The van der Waals surface area contributed by atoms with E-state index in [1.54, 1.807) is 12.1 Å². The number of Topliss-reactive ketones (excluding diaryl/α,β-unsaturated/α-hetero) is 1. The minimum absolute atomic E-state index is 0.00805. The van der Waals surface area contributed by atoms with Gasteiger partial charge in [0.05, 0.1) is 6.54 Å². The van der Waals surface area contributed by atoms with Crippen LogP contribution in [0.3, 0.4) is 0 Å². The van der Waals surface area contributed by atoms with Crippen LogP contribution in [0.15, 0.2) is 78.9 Å². The molecule has 0 heterocycles. The van der Waals surface area contributed by atoms with Crippen molar-refractivity contribution in [3.63, 3.8) is 0 Å². The van der Waals surface area contributed by atoms with Crippen LogP contribution in [0.25, 0.3) is 0 Å². The summed E-state index contributed by atoms with van der Waals surface area (Å²) in [7, 11) is 0. The maximum Gasteiger partial charge on any atom is 0.176 e. The molecule has 0 radical (unpaired) electrons. The molecule has 0 atom stereocenters. The standard InChI is InChI=1S/C23H21FINO/c24-21-12-10-20(11-13-21)23(27)17-26(16-18-6-2-1-3-7-18)15-14-19-8-4-5-9-22(19)25/h1-13H,14-17H2. The highest BCUT2D eigenvalue weighted by Crippen LogP contribution is 2.14. The molecule has 2 nitrogen and oxygen atoms in total. The number of benzene rings is 3. The Morgan fingerprint density at radius 3 is 2.26 bits per heavy atom. The SMILES string of the molecule is O=C(CN(CCc1ccccc1I)Cc1ccccc1)c1ccc(F)cc1. The summed E-state index contributed by atoms with van der Waals surface area (Å²) in [5, 5.41) is 0. The fraction of sp³-hybridized carbons (Fsp3) is 0.174. The summed E-state index contributed by atoms with van der Waals surface area (Å²) in [6.45, 7) is 1.79. The van der Waals surface area contributed by atoms with Gasteiger partial charge in [0.15, 0.2) is 5.78 Å². The van der Waals surface area contributed by atoms with Crippen LogP contribution in [0, 0.1) is 9.39 Å². The van der Waals surface area contributed by atoms with Crippen LogP contribution in [-0.2, 0) is 13.0 Å². The van der Waals surface area contributed by atoms with Crippen molar-refractivity contribution >= 4 is 28.4 Å². The van der Waals surface area contributed by atoms with E-state index in [1.165, 1.54) is 26.8 Å². The van der Waals surface area contributed by atoms with Crippen LogP contribution >= 0.6 is 22.6 Å². The Labute approximate surface area is 173 Å². The van der Waals surface area contributed by atoms with E-state index in [4.69, 9.17) is 0 Å². The smallest absolute Gasteiger partial charge is 0.176 e. The van der Waals surface area contributed by atoms with Gasteiger partial charge in [0.2, 0.25) is 0 Å². The molecule has 0 fully saturated rings. The van der Waals surface area contributed by atoms with Crippen molar-refractivity contribution in [1.82, 2.24) is 4.90 Å². The molecule has 0 bridgehead atoms. The van der Waals surface area contributed by atoms with E-state index in [-0.39, 0.29) is 11.6 Å². The number of hydrogen-bond acceptors (Lipinski definition) is 2. The van der Waals surface area contributed by atoms with Crippen molar-refractivity contribution < 1.29 is 9.18 Å². The lowest BCUT2D eigenvalue weighted by Crippen LogP contribution is -2.31. The van der Waals surface area contributed by atoms with E-state index in [0.717, 1.165) is 13.0 Å². The van der Waals surface area contributed by atoms with Gasteiger partial charge < -0.3 is 0 Å². The highest BCUT2D eigenvalue weighted by Gasteiger charge is 2.14. The second-order valence-corrected chi connectivity index (χ2v) is 7.63. The predicted molar refractivity (Wildman–Crippen MR) is 115 cm³/mol. The second kappa shape index (κ2) is 9.76. The highest BCUT2D eigenvalue weighted by atomic mass is 127. The molecule has 0 unspecified atom stereocenters. The third-order valence-electron chi connectivity index (χ3n) is 4.44. The summed E-state index contributed by atoms with van der Waals surface area (Å²) in [6, 6.07) is 24.2. The lowest BCUT2D eigenvalue weighted by molar-refractivity contribution is 0.0926. The Bertz CT molecular complexity index is 880. The molecule has 0 saturated carbocycles. The molecule has 3 aromatic rings. The normalized spacial score (nSPS) is 10.9. The first-order valence-corrected chi connectivity index (χ1v) is 9.98. The van der Waals surface area contributed by atoms with Gasteiger partial charge in [0.25, 0.3) is 0 Å². The van der Waals surface area contributed by atoms with Crippen LogP contribution in [0.5, 0.6) is 0 Å². The first-order chi connectivity index (χ1) is 13.1. The molecule has 4 heteroatoms. The molecule has 0 aromatic heterocycles. The zero-order valence-electron chi connectivity index (χ0n) is 14.9. The van der Waals surface area contributed by atoms with E-state index < -0.39 is 0 Å². The monoisotopic (exact) mass is 473 g/mol. The minimum Gasteiger partial charge on any atom is -0.293 e. The minimum atomic E-state index is -0.327. The van der Waals surface area contributed by atoms with E-state index in [2.05, 4.69) is 51.8 Å². The van der Waals surface area contributed by atoms with Crippen molar-refractivity contribution in [2.75, 3.05) is 13.1 Å². The number of hydrogen-bond donors (Lipinski definition) is 0. The fourth-order valence-electron chi connectivity index (χ4n) is 2.97. The van der Waals surface area contributed by atoms with Gasteiger partial charge in [-0.25, -0.2) is 4.39 Å². The average Bonchev–Trinajstić information content (AvgIpc) is 2.68. The summed E-state index contributed by atoms with van der Waals surface area (Å²) in [4.78, 5) is 14.8. The van der Waals surface area contributed by atoms with Gasteiger partial charge in [-0.1, -0.05) is 48.5 Å². The molecule has 138 valence electrons. The van der Waals surface area contributed by atoms with E-state index in [9.17, 15) is 9.18 Å². The Kier molecular flexibility index (Phi) is 7.12. The molecule has 3 aromatic carbocycles. The Hall–Kier alpha value is -2.05. The van der Waals surface area contributed by atoms with Crippen LogP contribution in [-0.4, -0.2) is 23.8 Å². The van der Waals surface area contributed by atoms with Crippen LogP contribution < -0.4 is 0 Å². The maximum atomic E-state index is 13.1. The summed E-state index contributed by atoms with van der Waals surface area (Å²) in [5.74, 6) is -0.319. The van der Waals surface area contributed by atoms with Crippen molar-refractivity contribution in [2.45, 2.75) is 13.0 Å². The Morgan fingerprint density at radius 2 is 1.56 bits per heavy atom. The summed E-state index contributed by atoms with van der Waals surface area (Å²) in [5.41, 5.74) is 3.00. The fourth-order valence-corrected chi connectivity index (χ4v) is 3.62. The summed E-state index contributed by atoms with van der Waals surface area (Å²) in [6.07, 6.45) is 0.878. The summed E-state index contributed by atoms with van der Waals surface area (Å²) < 4.78 is 14.4. The third-order valence-corrected chi connectivity index (χ3v) is 5.49. The van der Waals surface area contributed by atoms with Gasteiger partial charge in [0, 0.05) is 22.2 Å². The van der Waals surface area contributed by atoms with E-state index in [0.29, 0.717) is 18.7 Å². The van der Waals surface area contributed by atoms with Gasteiger partial charge in [-0.15, -0.1) is 0 Å². The molecular weight excluding hydrogens is 452 g/mol. The van der Waals surface area contributed by atoms with Gasteiger partial charge in [-0.05, 0) is 70.5 Å². The van der Waals surface area contributed by atoms with Crippen LogP contribution in [0.4, 0.5) is 4.39 Å². The first-order valence-electron chi connectivity index (χ1n) is 8.90. The van der Waals surface area contributed by atoms with Crippen molar-refractivity contribution in [3.05, 3.63) is 105 Å². The number of rotatable bonds is 8. The molecule has 3 rings (SSSR count). The van der Waals surface area contributed by atoms with Gasteiger partial charge in [-0.2, -0.15) is 0 Å². The molecular formula is C23H21FINO. The Morgan fingerprint density at radius 1 is 0.889 bits per heavy atom. The lowest BCUT2D eigenvalue weighted by Gasteiger charge is -2.22. The van der Waals surface area contributed by atoms with E-state index in [1.807, 2.05) is 30.3 Å². The van der Waals surface area contributed by atoms with Gasteiger partial charge >= 0.3 is 0 Å². The predicted octanol–water partition coefficient (Wildman–Crippen LogP) is 5.36. The van der Waals surface area contributed by atoms with Crippen LogP contribution in [0.2, 0.25) is 0 Å². The van der Waals surface area contributed by atoms with Gasteiger partial charge in [-0.3, -0.25) is 9.69 Å². The zero-order valence-corrected chi connectivity index (χ0v) is 17.1. The molecule has 0 spiro atoms. The molecule has 0 amide bonds. The largest absolute Gasteiger partial charge is 0.293 e. The Balaban J connectivity index is 1.71. The molecule has 0 aliphatic carbocycles. The lowest BCUT2D eigenvalue weighted by atomic mass is 10.1. The highest BCUT2D eigenvalue weighted by molar-refractivity contribution is 14.1. The molecule has 0 aliphatic heterocycles. The molecule has 27 heavy (non-hydrogen) atoms. The number of carbonyl (C=O) groups is 1. The van der Waals surface area contributed by atoms with Crippen molar-refractivity contribution in [2.24, 2.45) is 0 Å². The first kappa shape index (κ1) is 19.7. The number of halogens is 2. The third kappa shape index (κ3) is 5.97.